The minimum absolute atomic E-state index is 0.0287. The van der Waals surface area contributed by atoms with E-state index in [0.29, 0.717) is 5.69 Å². The van der Waals surface area contributed by atoms with E-state index in [4.69, 9.17) is 0 Å². The minimum atomic E-state index is -0.587. The summed E-state index contributed by atoms with van der Waals surface area (Å²) < 4.78 is 15.6. The molecule has 0 aliphatic carbocycles. The van der Waals surface area contributed by atoms with Crippen LogP contribution in [0.3, 0.4) is 0 Å². The topological polar surface area (TPSA) is 63.9 Å². The molecule has 1 heterocycles. The van der Waals surface area contributed by atoms with E-state index in [9.17, 15) is 9.18 Å². The van der Waals surface area contributed by atoms with E-state index in [1.54, 1.807) is 31.3 Å². The number of hydrogen-bond donors (Lipinski definition) is 0. The van der Waals surface area contributed by atoms with Crippen molar-refractivity contribution >= 4 is 11.4 Å². The van der Waals surface area contributed by atoms with Crippen molar-refractivity contribution in [2.24, 2.45) is 0 Å². The number of allylic oxidation sites excluding steroid dienone is 1. The van der Waals surface area contributed by atoms with Crippen LogP contribution in [0.25, 0.3) is 11.3 Å². The SMILES string of the molecule is Cc1ccc(-n2nnnc2C(=CN(C)C)C(=O)c2ccccc2F)cc1. The number of nitrogens with zero attached hydrogens (tertiary/aromatic N) is 5. The molecule has 0 N–H and O–H groups in total. The van der Waals surface area contributed by atoms with Crippen LogP contribution in [-0.4, -0.2) is 45.0 Å². The van der Waals surface area contributed by atoms with Gasteiger partial charge < -0.3 is 4.90 Å². The lowest BCUT2D eigenvalue weighted by atomic mass is 10.0. The van der Waals surface area contributed by atoms with Gasteiger partial charge in [-0.1, -0.05) is 29.8 Å². The van der Waals surface area contributed by atoms with Crippen LogP contribution in [0.15, 0.2) is 54.7 Å². The number of ketones is 1. The smallest absolute Gasteiger partial charge is 0.201 e. The molecule has 0 aliphatic rings. The highest BCUT2D eigenvalue weighted by molar-refractivity contribution is 6.28. The Labute approximate surface area is 150 Å². The predicted molar refractivity (Wildman–Crippen MR) is 96.3 cm³/mol. The summed E-state index contributed by atoms with van der Waals surface area (Å²) in [5.74, 6) is -0.827. The number of carbonyl (C=O) groups is 1. The summed E-state index contributed by atoms with van der Waals surface area (Å²) in [4.78, 5) is 14.7. The third-order valence-electron chi connectivity index (χ3n) is 3.74. The predicted octanol–water partition coefficient (Wildman–Crippen LogP) is 2.90. The van der Waals surface area contributed by atoms with E-state index in [1.165, 1.54) is 22.9 Å². The second kappa shape index (κ2) is 7.26. The molecule has 0 bridgehead atoms. The first-order valence-corrected chi connectivity index (χ1v) is 8.00. The normalized spacial score (nSPS) is 11.5. The van der Waals surface area contributed by atoms with E-state index in [0.717, 1.165) is 5.56 Å². The van der Waals surface area contributed by atoms with Crippen LogP contribution in [0.4, 0.5) is 4.39 Å². The molecule has 3 aromatic rings. The van der Waals surface area contributed by atoms with Crippen LogP contribution in [0.1, 0.15) is 21.7 Å². The molecule has 0 radical (unpaired) electrons. The number of benzene rings is 2. The van der Waals surface area contributed by atoms with Gasteiger partial charge in [0.25, 0.3) is 0 Å². The van der Waals surface area contributed by atoms with E-state index in [2.05, 4.69) is 15.5 Å². The van der Waals surface area contributed by atoms with Gasteiger partial charge in [-0.05, 0) is 41.6 Å². The van der Waals surface area contributed by atoms with Crippen LogP contribution < -0.4 is 0 Å². The molecule has 0 amide bonds. The van der Waals surface area contributed by atoms with Crippen molar-refractivity contribution in [1.29, 1.82) is 0 Å². The lowest BCUT2D eigenvalue weighted by molar-refractivity contribution is 0.105. The second-order valence-electron chi connectivity index (χ2n) is 6.07. The van der Waals surface area contributed by atoms with Gasteiger partial charge in [-0.3, -0.25) is 4.79 Å². The third kappa shape index (κ3) is 3.51. The molecule has 3 rings (SSSR count). The summed E-state index contributed by atoms with van der Waals surface area (Å²) in [6.07, 6.45) is 1.59. The fourth-order valence-electron chi connectivity index (χ4n) is 2.48. The average molecular weight is 351 g/mol. The maximum atomic E-state index is 14.1. The summed E-state index contributed by atoms with van der Waals surface area (Å²) >= 11 is 0. The highest BCUT2D eigenvalue weighted by atomic mass is 19.1. The van der Waals surface area contributed by atoms with Crippen LogP contribution in [0.2, 0.25) is 0 Å². The maximum absolute atomic E-state index is 14.1. The number of rotatable bonds is 5. The van der Waals surface area contributed by atoms with E-state index in [-0.39, 0.29) is 17.0 Å². The Morgan fingerprint density at radius 2 is 1.81 bits per heavy atom. The molecule has 0 atom stereocenters. The molecular weight excluding hydrogens is 333 g/mol. The highest BCUT2D eigenvalue weighted by Gasteiger charge is 2.24. The van der Waals surface area contributed by atoms with Crippen LogP contribution in [0.5, 0.6) is 0 Å². The molecule has 0 aliphatic heterocycles. The Morgan fingerprint density at radius 1 is 1.12 bits per heavy atom. The van der Waals surface area contributed by atoms with Gasteiger partial charge in [-0.15, -0.1) is 5.10 Å². The number of aromatic nitrogens is 4. The molecule has 6 nitrogen and oxygen atoms in total. The van der Waals surface area contributed by atoms with Crippen molar-refractivity contribution in [2.45, 2.75) is 6.92 Å². The first kappa shape index (κ1) is 17.5. The number of carbonyl (C=O) groups excluding carboxylic acids is 1. The molecule has 2 aromatic carbocycles. The van der Waals surface area contributed by atoms with Crippen molar-refractivity contribution in [3.63, 3.8) is 0 Å². The molecule has 0 fully saturated rings. The molecule has 0 saturated carbocycles. The zero-order valence-corrected chi connectivity index (χ0v) is 14.7. The molecule has 7 heteroatoms. The highest BCUT2D eigenvalue weighted by Crippen LogP contribution is 2.22. The van der Waals surface area contributed by atoms with Crippen LogP contribution in [-0.2, 0) is 0 Å². The molecular formula is C19H18FN5O. The Hall–Kier alpha value is -3.35. The second-order valence-corrected chi connectivity index (χ2v) is 6.07. The van der Waals surface area contributed by atoms with Crippen LogP contribution in [0, 0.1) is 12.7 Å². The Bertz CT molecular complexity index is 960. The van der Waals surface area contributed by atoms with Crippen molar-refractivity contribution in [3.8, 4) is 5.69 Å². The summed E-state index contributed by atoms with van der Waals surface area (Å²) in [7, 11) is 3.54. The van der Waals surface area contributed by atoms with Gasteiger partial charge in [0.05, 0.1) is 16.8 Å². The Kier molecular flexibility index (Phi) is 4.88. The summed E-state index contributed by atoms with van der Waals surface area (Å²) in [5.41, 5.74) is 1.97. The van der Waals surface area contributed by atoms with Crippen LogP contribution >= 0.6 is 0 Å². The monoisotopic (exact) mass is 351 g/mol. The lowest BCUT2D eigenvalue weighted by Gasteiger charge is -2.12. The van der Waals surface area contributed by atoms with Crippen molar-refractivity contribution in [3.05, 3.63) is 77.5 Å². The number of tetrazole rings is 1. The number of halogens is 1. The average Bonchev–Trinajstić information content (AvgIpc) is 3.09. The zero-order chi connectivity index (χ0) is 18.7. The number of aryl methyl sites for hydroxylation is 1. The number of hydrogen-bond acceptors (Lipinski definition) is 5. The molecule has 0 saturated heterocycles. The quantitative estimate of drug-likeness (QED) is 0.522. The Morgan fingerprint density at radius 3 is 2.46 bits per heavy atom. The van der Waals surface area contributed by atoms with Gasteiger partial charge >= 0.3 is 0 Å². The third-order valence-corrected chi connectivity index (χ3v) is 3.74. The summed E-state index contributed by atoms with van der Waals surface area (Å²) in [5, 5.41) is 11.7. The fraction of sp³-hybridized carbons (Fsp3) is 0.158. The first-order valence-electron chi connectivity index (χ1n) is 8.00. The van der Waals surface area contributed by atoms with Gasteiger partial charge in [0.15, 0.2) is 5.82 Å². The number of Topliss-reactive ketones (excluding diaryl/α,β-unsaturated/α-hetero) is 1. The van der Waals surface area contributed by atoms with Gasteiger partial charge in [-0.2, -0.15) is 4.68 Å². The van der Waals surface area contributed by atoms with Gasteiger partial charge in [0.1, 0.15) is 5.82 Å². The van der Waals surface area contributed by atoms with E-state index < -0.39 is 11.6 Å². The van der Waals surface area contributed by atoms with Crippen molar-refractivity contribution in [1.82, 2.24) is 25.1 Å². The first-order chi connectivity index (χ1) is 12.5. The zero-order valence-electron chi connectivity index (χ0n) is 14.7. The van der Waals surface area contributed by atoms with Gasteiger partial charge in [-0.25, -0.2) is 4.39 Å². The Balaban J connectivity index is 2.11. The lowest BCUT2D eigenvalue weighted by Crippen LogP contribution is -2.14. The van der Waals surface area contributed by atoms with Gasteiger partial charge in [0.2, 0.25) is 5.78 Å². The standard InChI is InChI=1S/C19H18FN5O/c1-13-8-10-14(11-9-13)25-19(21-22-23-25)16(12-24(2)3)18(26)15-6-4-5-7-17(15)20/h4-12H,1-3H3. The maximum Gasteiger partial charge on any atom is 0.201 e. The fourth-order valence-corrected chi connectivity index (χ4v) is 2.48. The molecule has 132 valence electrons. The summed E-state index contributed by atoms with van der Waals surface area (Å²) in [6, 6.07) is 13.4. The largest absolute Gasteiger partial charge is 0.383 e. The molecule has 0 spiro atoms. The van der Waals surface area contributed by atoms with E-state index >= 15 is 0 Å². The molecule has 1 aromatic heterocycles. The van der Waals surface area contributed by atoms with Crippen molar-refractivity contribution < 1.29 is 9.18 Å². The van der Waals surface area contributed by atoms with Crippen molar-refractivity contribution in [2.75, 3.05) is 14.1 Å². The van der Waals surface area contributed by atoms with E-state index in [1.807, 2.05) is 31.2 Å². The summed E-state index contributed by atoms with van der Waals surface area (Å²) in [6.45, 7) is 1.98. The van der Waals surface area contributed by atoms with Gasteiger partial charge in [0, 0.05) is 20.3 Å². The molecule has 0 unspecified atom stereocenters. The minimum Gasteiger partial charge on any atom is -0.383 e. The molecule has 26 heavy (non-hydrogen) atoms.